The van der Waals surface area contributed by atoms with Crippen molar-refractivity contribution >= 4 is 77.6 Å². The van der Waals surface area contributed by atoms with Gasteiger partial charge in [0.05, 0.1) is 27.8 Å². The van der Waals surface area contributed by atoms with Crippen LogP contribution in [0.4, 0.5) is 34.3 Å². The molecule has 412 valence electrons. The molecule has 2 heterocycles. The molecule has 0 aliphatic heterocycles. The van der Waals surface area contributed by atoms with Gasteiger partial charge in [-0.3, -0.25) is 4.90 Å². The Balaban J connectivity index is 1.16. The molecule has 0 saturated carbocycles. The zero-order valence-corrected chi connectivity index (χ0v) is 48.7. The van der Waals surface area contributed by atoms with Gasteiger partial charge in [0.2, 0.25) is 0 Å². The fourth-order valence-electron chi connectivity index (χ4n) is 14.3. The molecule has 2 aromatic heterocycles. The predicted octanol–water partition coefficient (Wildman–Crippen LogP) is 22.0. The lowest BCUT2D eigenvalue weighted by Crippen LogP contribution is -2.30. The van der Waals surface area contributed by atoms with Crippen molar-refractivity contribution in [3.63, 3.8) is 0 Å². The molecule has 4 heteroatoms. The second-order valence-corrected chi connectivity index (χ2v) is 23.2. The summed E-state index contributed by atoms with van der Waals surface area (Å²) in [7, 11) is 0. The number of rotatable bonds is 11. The van der Waals surface area contributed by atoms with Gasteiger partial charge in [-0.2, -0.15) is 0 Å². The molecule has 1 aliphatic carbocycles. The number of aromatic nitrogens is 2. The van der Waals surface area contributed by atoms with Crippen LogP contribution in [0.3, 0.4) is 0 Å². The molecule has 0 spiro atoms. The first kappa shape index (κ1) is 51.6. The summed E-state index contributed by atoms with van der Waals surface area (Å²) in [6.07, 6.45) is 2.03. The maximum Gasteiger partial charge on any atom is 0.145 e. The Bertz CT molecular complexity index is 5100. The maximum atomic E-state index is 5.60. The van der Waals surface area contributed by atoms with Gasteiger partial charge >= 0.3 is 0 Å². The maximum absolute atomic E-state index is 5.60. The molecule has 1 atom stereocenters. The van der Waals surface area contributed by atoms with Crippen LogP contribution in [0.2, 0.25) is 0 Å². The van der Waals surface area contributed by atoms with Crippen molar-refractivity contribution in [1.29, 1.82) is 0 Å². The Morgan fingerprint density at radius 3 is 1.52 bits per heavy atom. The SMILES string of the molecule is Cc1ccc(C2(c3ccccc3)c3cc(N(c4ccccc4)c4ccc(C)cc4-c4ccccc4)ccc3-c3c(N(c4ccccc4)c4ncc(C)cc4-c4ccccc4)cc4c5c6ccccc6c6ccccc6c5n(-c5ccccc5)c4c32)cc1. The van der Waals surface area contributed by atoms with Crippen molar-refractivity contribution in [3.05, 3.63) is 348 Å². The lowest BCUT2D eigenvalue weighted by atomic mass is 9.67. The third kappa shape index (κ3) is 8.24. The van der Waals surface area contributed by atoms with E-state index in [4.69, 9.17) is 4.98 Å². The van der Waals surface area contributed by atoms with E-state index in [0.717, 1.165) is 89.8 Å². The van der Waals surface area contributed by atoms with Crippen LogP contribution >= 0.6 is 0 Å². The van der Waals surface area contributed by atoms with Crippen LogP contribution in [0, 0.1) is 20.8 Å². The topological polar surface area (TPSA) is 24.3 Å². The standard InChI is InChI=1S/C83H60N4/c1-55-42-45-61(46-43-55)83(60-30-14-6-15-31-60)74-52-65(85(62-32-16-7-17-33-62)75-49-44-56(2)50-71(75)58-26-10-4-11-27-58)47-48-70(74)78-76(86(63-34-18-8-19-35-63)82-72(51-57(3)54-84-82)59-28-12-5-13-29-59)53-73-77-68-40-24-22-38-66(68)67-39-23-25-41-69(67)80(77)87(81(73)79(78)83)64-36-20-9-21-37-64/h4-54H,1-3H3. The minimum atomic E-state index is -0.945. The summed E-state index contributed by atoms with van der Waals surface area (Å²) in [6, 6.07) is 113. The Hall–Kier alpha value is -11.1. The Labute approximate surface area is 507 Å². The van der Waals surface area contributed by atoms with E-state index in [2.05, 4.69) is 338 Å². The highest BCUT2D eigenvalue weighted by Crippen LogP contribution is 2.64. The van der Waals surface area contributed by atoms with E-state index < -0.39 is 5.41 Å². The van der Waals surface area contributed by atoms with Gasteiger partial charge in [-0.25, -0.2) is 4.98 Å². The molecule has 0 radical (unpaired) electrons. The summed E-state index contributed by atoms with van der Waals surface area (Å²) in [5.74, 6) is 0.843. The molecule has 1 unspecified atom stereocenters. The van der Waals surface area contributed by atoms with Crippen LogP contribution in [0.1, 0.15) is 38.9 Å². The normalized spacial score (nSPS) is 13.5. The number of benzene rings is 13. The van der Waals surface area contributed by atoms with Crippen molar-refractivity contribution in [1.82, 2.24) is 9.55 Å². The van der Waals surface area contributed by atoms with Gasteiger partial charge in [0.15, 0.2) is 0 Å². The van der Waals surface area contributed by atoms with E-state index in [9.17, 15) is 0 Å². The van der Waals surface area contributed by atoms with Gasteiger partial charge in [0.1, 0.15) is 5.82 Å². The number of fused-ring (bicyclic) bond motifs is 12. The number of hydrogen-bond donors (Lipinski definition) is 0. The smallest absolute Gasteiger partial charge is 0.145 e. The zero-order chi connectivity index (χ0) is 58.2. The monoisotopic (exact) mass is 1110 g/mol. The first-order valence-electron chi connectivity index (χ1n) is 30.1. The summed E-state index contributed by atoms with van der Waals surface area (Å²) < 4.78 is 2.63. The van der Waals surface area contributed by atoms with Crippen LogP contribution in [-0.2, 0) is 5.41 Å². The molecular weight excluding hydrogens is 1050 g/mol. The van der Waals surface area contributed by atoms with Gasteiger partial charge in [-0.1, -0.05) is 242 Å². The lowest BCUT2D eigenvalue weighted by Gasteiger charge is -2.36. The Morgan fingerprint density at radius 2 is 0.862 bits per heavy atom. The van der Waals surface area contributed by atoms with Crippen molar-refractivity contribution in [3.8, 4) is 39.1 Å². The molecule has 0 fully saturated rings. The van der Waals surface area contributed by atoms with E-state index in [0.29, 0.717) is 0 Å². The number of nitrogens with zero attached hydrogens (tertiary/aromatic N) is 4. The number of para-hydroxylation sites is 3. The van der Waals surface area contributed by atoms with Crippen LogP contribution < -0.4 is 9.80 Å². The highest BCUT2D eigenvalue weighted by molar-refractivity contribution is 6.33. The van der Waals surface area contributed by atoms with Gasteiger partial charge in [0.25, 0.3) is 0 Å². The highest BCUT2D eigenvalue weighted by atomic mass is 15.2. The quantitative estimate of drug-likeness (QED) is 0.121. The minimum Gasteiger partial charge on any atom is -0.310 e. The molecular formula is C83H60N4. The van der Waals surface area contributed by atoms with Crippen LogP contribution in [0.5, 0.6) is 0 Å². The molecule has 16 rings (SSSR count). The van der Waals surface area contributed by atoms with Crippen LogP contribution in [-0.4, -0.2) is 9.55 Å². The number of hydrogen-bond acceptors (Lipinski definition) is 3. The third-order valence-electron chi connectivity index (χ3n) is 18.0. The van der Waals surface area contributed by atoms with E-state index in [1.807, 2.05) is 6.20 Å². The molecule has 1 aliphatic rings. The molecule has 0 amide bonds. The summed E-state index contributed by atoms with van der Waals surface area (Å²) in [6.45, 7) is 6.54. The predicted molar refractivity (Wildman–Crippen MR) is 365 cm³/mol. The summed E-state index contributed by atoms with van der Waals surface area (Å²) in [4.78, 5) is 10.5. The highest BCUT2D eigenvalue weighted by Gasteiger charge is 2.51. The van der Waals surface area contributed by atoms with E-state index in [1.54, 1.807) is 0 Å². The van der Waals surface area contributed by atoms with Gasteiger partial charge in [-0.15, -0.1) is 0 Å². The van der Waals surface area contributed by atoms with Gasteiger partial charge in [-0.05, 0) is 149 Å². The van der Waals surface area contributed by atoms with Crippen molar-refractivity contribution in [2.24, 2.45) is 0 Å². The average Bonchev–Trinajstić information content (AvgIpc) is 1.51. The van der Waals surface area contributed by atoms with E-state index >= 15 is 0 Å². The van der Waals surface area contributed by atoms with Gasteiger partial charge < -0.3 is 9.47 Å². The van der Waals surface area contributed by atoms with Gasteiger partial charge in [0, 0.05) is 67.4 Å². The molecule has 13 aromatic carbocycles. The van der Waals surface area contributed by atoms with Crippen LogP contribution in [0.15, 0.2) is 310 Å². The third-order valence-corrected chi connectivity index (χ3v) is 18.0. The first-order valence-corrected chi connectivity index (χ1v) is 30.1. The number of anilines is 6. The molecule has 0 saturated heterocycles. The largest absolute Gasteiger partial charge is 0.310 e. The van der Waals surface area contributed by atoms with Crippen LogP contribution in [0.25, 0.3) is 82.4 Å². The van der Waals surface area contributed by atoms with E-state index in [1.165, 1.54) is 65.8 Å². The molecule has 4 nitrogen and oxygen atoms in total. The second-order valence-electron chi connectivity index (χ2n) is 23.2. The Kier molecular flexibility index (Phi) is 12.4. The van der Waals surface area contributed by atoms with Crippen molar-refractivity contribution in [2.75, 3.05) is 9.80 Å². The molecule has 87 heavy (non-hydrogen) atoms. The average molecular weight is 1110 g/mol. The molecule has 0 N–H and O–H groups in total. The lowest BCUT2D eigenvalue weighted by molar-refractivity contribution is 0.771. The minimum absolute atomic E-state index is 0.843. The van der Waals surface area contributed by atoms with Crippen molar-refractivity contribution < 1.29 is 0 Å². The first-order chi connectivity index (χ1) is 42.9. The molecule has 0 bridgehead atoms. The zero-order valence-electron chi connectivity index (χ0n) is 48.7. The summed E-state index contributed by atoms with van der Waals surface area (Å²) in [5.41, 5.74) is 22.6. The summed E-state index contributed by atoms with van der Waals surface area (Å²) >= 11 is 0. The summed E-state index contributed by atoms with van der Waals surface area (Å²) in [5, 5.41) is 7.17. The van der Waals surface area contributed by atoms with Crippen molar-refractivity contribution in [2.45, 2.75) is 26.2 Å². The van der Waals surface area contributed by atoms with E-state index in [-0.39, 0.29) is 0 Å². The molecule has 15 aromatic rings. The number of pyridine rings is 1. The Morgan fingerprint density at radius 1 is 0.345 bits per heavy atom. The second kappa shape index (κ2) is 20.9. The number of aryl methyl sites for hydroxylation is 3. The fourth-order valence-corrected chi connectivity index (χ4v) is 14.3. The fraction of sp³-hybridized carbons (Fsp3) is 0.0482.